The fraction of sp³-hybridized carbons (Fsp3) is 0.600. The van der Waals surface area contributed by atoms with Crippen LogP contribution in [0.15, 0.2) is 17.3 Å². The summed E-state index contributed by atoms with van der Waals surface area (Å²) in [5, 5.41) is 0. The van der Waals surface area contributed by atoms with E-state index in [2.05, 4.69) is 9.98 Å². The average molecular weight is 343 g/mol. The Morgan fingerprint density at radius 3 is 2.17 bits per heavy atom. The lowest BCUT2D eigenvalue weighted by Crippen LogP contribution is -2.41. The van der Waals surface area contributed by atoms with Crippen LogP contribution in [0.2, 0.25) is 0 Å². The molecule has 1 fully saturated rings. The number of nitrogens with zero attached hydrogens (tertiary/aromatic N) is 3. The van der Waals surface area contributed by atoms with Crippen LogP contribution in [-0.2, 0) is 15.5 Å². The van der Waals surface area contributed by atoms with Crippen LogP contribution in [0, 0.1) is 0 Å². The largest absolute Gasteiger partial charge is 0.497 e. The van der Waals surface area contributed by atoms with E-state index in [-0.39, 0.29) is 11.3 Å². The smallest absolute Gasteiger partial charge is 0.399 e. The van der Waals surface area contributed by atoms with Crippen LogP contribution < -0.4 is 5.46 Å². The van der Waals surface area contributed by atoms with E-state index in [9.17, 15) is 13.2 Å². The Bertz CT molecular complexity index is 629. The van der Waals surface area contributed by atoms with Crippen LogP contribution in [0.3, 0.4) is 0 Å². The maximum Gasteiger partial charge on any atom is 0.497 e. The number of alkyl halides is 3. The van der Waals surface area contributed by atoms with E-state index in [1.807, 2.05) is 0 Å². The summed E-state index contributed by atoms with van der Waals surface area (Å²) in [6.07, 6.45) is -2.06. The molecule has 1 aromatic rings. The molecule has 132 valence electrons. The molecule has 5 nitrogen and oxygen atoms in total. The van der Waals surface area contributed by atoms with Gasteiger partial charge < -0.3 is 14.2 Å². The highest BCUT2D eigenvalue weighted by atomic mass is 19.4. The van der Waals surface area contributed by atoms with Crippen LogP contribution in [0.5, 0.6) is 0 Å². The van der Waals surface area contributed by atoms with Crippen molar-refractivity contribution in [1.29, 1.82) is 0 Å². The number of hydrogen-bond donors (Lipinski definition) is 0. The minimum absolute atomic E-state index is 0.0312. The van der Waals surface area contributed by atoms with E-state index in [1.165, 1.54) is 6.34 Å². The Morgan fingerprint density at radius 1 is 1.17 bits per heavy atom. The molecule has 0 N–H and O–H groups in total. The minimum Gasteiger partial charge on any atom is -0.399 e. The molecule has 0 unspecified atom stereocenters. The molecule has 2 heterocycles. The molecule has 0 aliphatic carbocycles. The van der Waals surface area contributed by atoms with Crippen molar-refractivity contribution in [2.75, 3.05) is 14.1 Å². The first-order valence-electron chi connectivity index (χ1n) is 7.47. The van der Waals surface area contributed by atoms with Crippen molar-refractivity contribution in [3.05, 3.63) is 17.8 Å². The summed E-state index contributed by atoms with van der Waals surface area (Å²) >= 11 is 0. The summed E-state index contributed by atoms with van der Waals surface area (Å²) in [7, 11) is 2.30. The maximum absolute atomic E-state index is 13.5. The molecule has 0 radical (unpaired) electrons. The van der Waals surface area contributed by atoms with Gasteiger partial charge in [-0.25, -0.2) is 9.98 Å². The van der Waals surface area contributed by atoms with Crippen molar-refractivity contribution in [3.63, 3.8) is 0 Å². The van der Waals surface area contributed by atoms with Gasteiger partial charge in [-0.1, -0.05) is 0 Å². The van der Waals surface area contributed by atoms with Gasteiger partial charge in [0.05, 0.1) is 23.1 Å². The van der Waals surface area contributed by atoms with Crippen LogP contribution in [0.25, 0.3) is 0 Å². The molecule has 0 aromatic carbocycles. The summed E-state index contributed by atoms with van der Waals surface area (Å²) in [5.41, 5.74) is -2.48. The molecule has 1 aliphatic rings. The Labute approximate surface area is 140 Å². The third-order valence-corrected chi connectivity index (χ3v) is 4.15. The van der Waals surface area contributed by atoms with Gasteiger partial charge in [0.2, 0.25) is 0 Å². The first-order chi connectivity index (χ1) is 10.8. The number of aromatic nitrogens is 1. The topological polar surface area (TPSA) is 47.0 Å². The lowest BCUT2D eigenvalue weighted by atomic mass is 9.77. The second kappa shape index (κ2) is 6.04. The van der Waals surface area contributed by atoms with Gasteiger partial charge in [0, 0.05) is 25.8 Å². The quantitative estimate of drug-likeness (QED) is 0.481. The molecule has 24 heavy (non-hydrogen) atoms. The minimum atomic E-state index is -4.57. The van der Waals surface area contributed by atoms with E-state index < -0.39 is 30.1 Å². The molecule has 0 spiro atoms. The van der Waals surface area contributed by atoms with Gasteiger partial charge in [-0.3, -0.25) is 0 Å². The van der Waals surface area contributed by atoms with Gasteiger partial charge in [-0.15, -0.1) is 0 Å². The SMILES string of the molecule is CN(C)/C=N/c1cc(C(F)(F)F)c(B2OC(C)(C)C(C)(C)O2)cn1. The molecule has 1 aliphatic heterocycles. The number of halogens is 3. The molecule has 1 aromatic heterocycles. The van der Waals surface area contributed by atoms with Gasteiger partial charge in [0.25, 0.3) is 0 Å². The molecule has 9 heteroatoms. The highest BCUT2D eigenvalue weighted by Crippen LogP contribution is 2.38. The highest BCUT2D eigenvalue weighted by Gasteiger charge is 2.53. The van der Waals surface area contributed by atoms with Crippen molar-refractivity contribution >= 4 is 24.7 Å². The first kappa shape index (κ1) is 18.7. The predicted molar refractivity (Wildman–Crippen MR) is 86.8 cm³/mol. The maximum atomic E-state index is 13.5. The monoisotopic (exact) mass is 343 g/mol. The lowest BCUT2D eigenvalue weighted by molar-refractivity contribution is -0.136. The van der Waals surface area contributed by atoms with Crippen LogP contribution >= 0.6 is 0 Å². The number of aliphatic imine (C=N–C) groups is 1. The fourth-order valence-corrected chi connectivity index (χ4v) is 2.10. The van der Waals surface area contributed by atoms with Crippen molar-refractivity contribution in [2.24, 2.45) is 4.99 Å². The lowest BCUT2D eigenvalue weighted by Gasteiger charge is -2.32. The fourth-order valence-electron chi connectivity index (χ4n) is 2.10. The summed E-state index contributed by atoms with van der Waals surface area (Å²) in [6.45, 7) is 7.12. The zero-order valence-corrected chi connectivity index (χ0v) is 14.6. The summed E-state index contributed by atoms with van der Waals surface area (Å²) < 4.78 is 51.8. The highest BCUT2D eigenvalue weighted by molar-refractivity contribution is 6.62. The molecular weight excluding hydrogens is 322 g/mol. The van der Waals surface area contributed by atoms with Gasteiger partial charge >= 0.3 is 13.3 Å². The Hall–Kier alpha value is -1.61. The molecule has 0 saturated carbocycles. The Balaban J connectivity index is 2.44. The number of pyridine rings is 1. The van der Waals surface area contributed by atoms with E-state index >= 15 is 0 Å². The Morgan fingerprint density at radius 2 is 1.71 bits per heavy atom. The molecule has 0 atom stereocenters. The zero-order chi connectivity index (χ0) is 18.3. The van der Waals surface area contributed by atoms with E-state index in [0.29, 0.717) is 0 Å². The summed E-state index contributed by atoms with van der Waals surface area (Å²) in [4.78, 5) is 9.50. The number of rotatable bonds is 3. The van der Waals surface area contributed by atoms with Crippen LogP contribution in [-0.4, -0.2) is 48.6 Å². The van der Waals surface area contributed by atoms with Gasteiger partial charge in [0.1, 0.15) is 0 Å². The average Bonchev–Trinajstić information content (AvgIpc) is 2.64. The van der Waals surface area contributed by atoms with E-state index in [0.717, 1.165) is 12.3 Å². The molecule has 1 saturated heterocycles. The van der Waals surface area contributed by atoms with Crippen molar-refractivity contribution < 1.29 is 22.5 Å². The van der Waals surface area contributed by atoms with E-state index in [4.69, 9.17) is 9.31 Å². The van der Waals surface area contributed by atoms with Gasteiger partial charge in [-0.2, -0.15) is 13.2 Å². The molecule has 0 bridgehead atoms. The third-order valence-electron chi connectivity index (χ3n) is 4.15. The van der Waals surface area contributed by atoms with Crippen LogP contribution in [0.4, 0.5) is 19.0 Å². The second-order valence-electron chi connectivity index (χ2n) is 6.92. The van der Waals surface area contributed by atoms with Gasteiger partial charge in [0.15, 0.2) is 5.82 Å². The molecular formula is C15H21BF3N3O2. The second-order valence-corrected chi connectivity index (χ2v) is 6.92. The Kier molecular flexibility index (Phi) is 4.71. The number of hydrogen-bond acceptors (Lipinski definition) is 4. The predicted octanol–water partition coefficient (Wildman–Crippen LogP) is 2.62. The van der Waals surface area contributed by atoms with Gasteiger partial charge in [-0.05, 0) is 33.8 Å². The van der Waals surface area contributed by atoms with E-state index in [1.54, 1.807) is 46.7 Å². The first-order valence-corrected chi connectivity index (χ1v) is 7.47. The third kappa shape index (κ3) is 3.72. The summed E-state index contributed by atoms with van der Waals surface area (Å²) in [5.74, 6) is -0.0312. The molecule has 0 amide bonds. The molecule has 2 rings (SSSR count). The van der Waals surface area contributed by atoms with Crippen LogP contribution in [0.1, 0.15) is 33.3 Å². The summed E-state index contributed by atoms with van der Waals surface area (Å²) in [6, 6.07) is 0.903. The van der Waals surface area contributed by atoms with Crippen molar-refractivity contribution in [3.8, 4) is 0 Å². The van der Waals surface area contributed by atoms with Crippen molar-refractivity contribution in [1.82, 2.24) is 9.88 Å². The standard InChI is InChI=1S/C15H21BF3N3O2/c1-13(2)14(3,4)24-16(23-13)11-8-20-12(21-9-22(5)6)7-10(11)15(17,18)19/h7-9H,1-6H3/b21-9+. The van der Waals surface area contributed by atoms with Crippen molar-refractivity contribution in [2.45, 2.75) is 45.1 Å². The normalized spacial score (nSPS) is 20.0. The zero-order valence-electron chi connectivity index (χ0n) is 14.6.